The first-order valence-electron chi connectivity index (χ1n) is 6.90. The Balaban J connectivity index is 2.30. The summed E-state index contributed by atoms with van der Waals surface area (Å²) >= 11 is 12.0. The first-order chi connectivity index (χ1) is 10.1. The van der Waals surface area contributed by atoms with Crippen LogP contribution in [0.2, 0.25) is 5.02 Å². The molecule has 0 N–H and O–H groups in total. The largest absolute Gasteiger partial charge is 0.296 e. The van der Waals surface area contributed by atoms with Crippen LogP contribution < -0.4 is 0 Å². The lowest BCUT2D eigenvalue weighted by atomic mass is 10.1. The summed E-state index contributed by atoms with van der Waals surface area (Å²) < 4.78 is 2.17. The van der Waals surface area contributed by atoms with Gasteiger partial charge in [-0.25, -0.2) is 4.98 Å². The van der Waals surface area contributed by atoms with Crippen molar-refractivity contribution in [3.8, 4) is 5.69 Å². The molecule has 0 saturated carbocycles. The maximum atomic E-state index is 6.08. The molecule has 0 unspecified atom stereocenters. The van der Waals surface area contributed by atoms with Crippen LogP contribution in [-0.2, 0) is 6.42 Å². The number of nitrogens with zero attached hydrogens (tertiary/aromatic N) is 2. The summed E-state index contributed by atoms with van der Waals surface area (Å²) in [7, 11) is 0. The van der Waals surface area contributed by atoms with Gasteiger partial charge in [-0.3, -0.25) is 4.57 Å². The molecule has 0 bridgehead atoms. The minimum atomic E-state index is 0.544. The number of hydrogen-bond donors (Lipinski definition) is 0. The number of imidazole rings is 1. The van der Waals surface area contributed by atoms with Gasteiger partial charge < -0.3 is 0 Å². The van der Waals surface area contributed by atoms with E-state index in [1.165, 1.54) is 11.1 Å². The molecule has 0 fully saturated rings. The summed E-state index contributed by atoms with van der Waals surface area (Å²) in [6.07, 6.45) is 0.723. The smallest absolute Gasteiger partial charge is 0.115 e. The first kappa shape index (κ1) is 14.4. The fraction of sp³-hybridized carbons (Fsp3) is 0.235. The molecule has 108 valence electrons. The average Bonchev–Trinajstić information content (AvgIpc) is 2.75. The van der Waals surface area contributed by atoms with Gasteiger partial charge in [-0.05, 0) is 55.3 Å². The van der Waals surface area contributed by atoms with E-state index >= 15 is 0 Å². The molecule has 0 aliphatic rings. The van der Waals surface area contributed by atoms with E-state index in [0.717, 1.165) is 29.0 Å². The van der Waals surface area contributed by atoms with Crippen molar-refractivity contribution in [2.24, 2.45) is 0 Å². The second-order valence-corrected chi connectivity index (χ2v) is 6.10. The van der Waals surface area contributed by atoms with Crippen molar-refractivity contribution in [2.75, 3.05) is 5.88 Å². The van der Waals surface area contributed by atoms with Gasteiger partial charge in [0.25, 0.3) is 0 Å². The SMILES string of the molecule is Cc1cc(C)cc(-n2c(CCCl)nc3cc(Cl)ccc32)c1. The molecule has 1 heterocycles. The number of fused-ring (bicyclic) bond motifs is 1. The fourth-order valence-corrected chi connectivity index (χ4v) is 3.06. The van der Waals surface area contributed by atoms with E-state index in [2.05, 4.69) is 36.6 Å². The second kappa shape index (κ2) is 5.70. The van der Waals surface area contributed by atoms with Crippen molar-refractivity contribution < 1.29 is 0 Å². The molecule has 1 aromatic heterocycles. The fourth-order valence-electron chi connectivity index (χ4n) is 2.72. The third-order valence-electron chi connectivity index (χ3n) is 3.47. The molecule has 0 radical (unpaired) electrons. The lowest BCUT2D eigenvalue weighted by molar-refractivity contribution is 0.910. The van der Waals surface area contributed by atoms with Crippen molar-refractivity contribution in [2.45, 2.75) is 20.3 Å². The van der Waals surface area contributed by atoms with Crippen LogP contribution in [0.25, 0.3) is 16.7 Å². The minimum absolute atomic E-state index is 0.544. The predicted octanol–water partition coefficient (Wildman–Crippen LogP) is 5.08. The number of halogens is 2. The molecule has 0 spiro atoms. The van der Waals surface area contributed by atoms with E-state index in [4.69, 9.17) is 28.2 Å². The Labute approximate surface area is 134 Å². The van der Waals surface area contributed by atoms with Gasteiger partial charge in [0.1, 0.15) is 5.82 Å². The summed E-state index contributed by atoms with van der Waals surface area (Å²) in [5, 5.41) is 0.699. The third kappa shape index (κ3) is 2.78. The monoisotopic (exact) mass is 318 g/mol. The van der Waals surface area contributed by atoms with E-state index in [9.17, 15) is 0 Å². The van der Waals surface area contributed by atoms with E-state index < -0.39 is 0 Å². The second-order valence-electron chi connectivity index (χ2n) is 5.28. The molecule has 0 saturated heterocycles. The Morgan fingerprint density at radius 3 is 2.43 bits per heavy atom. The van der Waals surface area contributed by atoms with Crippen molar-refractivity contribution in [1.82, 2.24) is 9.55 Å². The number of aromatic nitrogens is 2. The molecular weight excluding hydrogens is 303 g/mol. The quantitative estimate of drug-likeness (QED) is 0.616. The van der Waals surface area contributed by atoms with Crippen LogP contribution in [0.4, 0.5) is 0 Å². The minimum Gasteiger partial charge on any atom is -0.296 e. The Hall–Kier alpha value is -1.51. The third-order valence-corrected chi connectivity index (χ3v) is 3.89. The van der Waals surface area contributed by atoms with Gasteiger partial charge in [-0.15, -0.1) is 11.6 Å². The lowest BCUT2D eigenvalue weighted by Gasteiger charge is -2.11. The molecule has 2 aromatic carbocycles. The van der Waals surface area contributed by atoms with Gasteiger partial charge in [0.15, 0.2) is 0 Å². The zero-order valence-electron chi connectivity index (χ0n) is 12.0. The summed E-state index contributed by atoms with van der Waals surface area (Å²) in [4.78, 5) is 4.69. The van der Waals surface area contributed by atoms with Crippen LogP contribution in [0.5, 0.6) is 0 Å². The van der Waals surface area contributed by atoms with Crippen LogP contribution in [0.15, 0.2) is 36.4 Å². The van der Waals surface area contributed by atoms with Gasteiger partial charge in [0.2, 0.25) is 0 Å². The summed E-state index contributed by atoms with van der Waals surface area (Å²) in [5.41, 5.74) is 5.55. The first-order valence-corrected chi connectivity index (χ1v) is 7.81. The topological polar surface area (TPSA) is 17.8 Å². The number of rotatable bonds is 3. The molecule has 0 aliphatic carbocycles. The van der Waals surface area contributed by atoms with Crippen LogP contribution in [0.3, 0.4) is 0 Å². The van der Waals surface area contributed by atoms with Gasteiger partial charge >= 0.3 is 0 Å². The van der Waals surface area contributed by atoms with Crippen molar-refractivity contribution in [1.29, 1.82) is 0 Å². The van der Waals surface area contributed by atoms with E-state index in [1.54, 1.807) is 0 Å². The highest BCUT2D eigenvalue weighted by Crippen LogP contribution is 2.26. The van der Waals surface area contributed by atoms with Crippen molar-refractivity contribution in [3.63, 3.8) is 0 Å². The average molecular weight is 319 g/mol. The standard InChI is InChI=1S/C17H16Cl2N2/c1-11-7-12(2)9-14(8-11)21-16-4-3-13(19)10-15(16)20-17(21)5-6-18/h3-4,7-10H,5-6H2,1-2H3. The highest BCUT2D eigenvalue weighted by Gasteiger charge is 2.13. The Morgan fingerprint density at radius 1 is 1.05 bits per heavy atom. The van der Waals surface area contributed by atoms with E-state index in [-0.39, 0.29) is 0 Å². The van der Waals surface area contributed by atoms with Gasteiger partial charge in [0, 0.05) is 23.0 Å². The predicted molar refractivity (Wildman–Crippen MR) is 90.0 cm³/mol. The number of benzene rings is 2. The van der Waals surface area contributed by atoms with Crippen LogP contribution in [0, 0.1) is 13.8 Å². The maximum Gasteiger partial charge on any atom is 0.115 e. The molecule has 2 nitrogen and oxygen atoms in total. The van der Waals surface area contributed by atoms with Gasteiger partial charge in [-0.1, -0.05) is 17.7 Å². The van der Waals surface area contributed by atoms with Gasteiger partial charge in [0.05, 0.1) is 11.0 Å². The summed E-state index contributed by atoms with van der Waals surface area (Å²) in [6, 6.07) is 12.3. The normalized spacial score (nSPS) is 11.2. The Morgan fingerprint density at radius 2 is 1.76 bits per heavy atom. The highest BCUT2D eigenvalue weighted by atomic mass is 35.5. The molecule has 3 rings (SSSR count). The van der Waals surface area contributed by atoms with Crippen LogP contribution >= 0.6 is 23.2 Å². The van der Waals surface area contributed by atoms with Gasteiger partial charge in [-0.2, -0.15) is 0 Å². The Kier molecular flexibility index (Phi) is 3.92. The number of alkyl halides is 1. The molecule has 0 atom stereocenters. The lowest BCUT2D eigenvalue weighted by Crippen LogP contribution is -2.03. The summed E-state index contributed by atoms with van der Waals surface area (Å²) in [5.74, 6) is 1.51. The van der Waals surface area contributed by atoms with Crippen LogP contribution in [-0.4, -0.2) is 15.4 Å². The maximum absolute atomic E-state index is 6.08. The zero-order valence-corrected chi connectivity index (χ0v) is 13.5. The van der Waals surface area contributed by atoms with Crippen LogP contribution in [0.1, 0.15) is 17.0 Å². The van der Waals surface area contributed by atoms with E-state index in [1.807, 2.05) is 18.2 Å². The molecule has 21 heavy (non-hydrogen) atoms. The zero-order chi connectivity index (χ0) is 15.0. The van der Waals surface area contributed by atoms with Crippen molar-refractivity contribution >= 4 is 34.2 Å². The molecular formula is C17H16Cl2N2. The molecule has 4 heteroatoms. The molecule has 3 aromatic rings. The number of hydrogen-bond acceptors (Lipinski definition) is 1. The highest BCUT2D eigenvalue weighted by molar-refractivity contribution is 6.31. The van der Waals surface area contributed by atoms with Crippen molar-refractivity contribution in [3.05, 3.63) is 58.4 Å². The molecule has 0 aliphatic heterocycles. The summed E-state index contributed by atoms with van der Waals surface area (Å²) in [6.45, 7) is 4.21. The molecule has 0 amide bonds. The van der Waals surface area contributed by atoms with E-state index in [0.29, 0.717) is 10.9 Å². The number of aryl methyl sites for hydroxylation is 3. The Bertz CT molecular complexity index is 786.